The van der Waals surface area contributed by atoms with Gasteiger partial charge < -0.3 is 0 Å². The van der Waals surface area contributed by atoms with Crippen molar-refractivity contribution in [1.29, 1.82) is 0 Å². The Labute approximate surface area is 132 Å². The van der Waals surface area contributed by atoms with Crippen molar-refractivity contribution in [1.82, 2.24) is 4.72 Å². The van der Waals surface area contributed by atoms with E-state index in [-0.39, 0.29) is 4.90 Å². The average Bonchev–Trinajstić information content (AvgIpc) is 2.27. The molecule has 0 heterocycles. The van der Waals surface area contributed by atoms with Crippen molar-refractivity contribution >= 4 is 49.2 Å². The van der Waals surface area contributed by atoms with Crippen LogP contribution in [0.15, 0.2) is 23.1 Å². The molecule has 0 aromatic heterocycles. The number of sulfonamides is 1. The van der Waals surface area contributed by atoms with Crippen LogP contribution in [-0.4, -0.2) is 19.3 Å². The highest BCUT2D eigenvalue weighted by Crippen LogP contribution is 2.25. The fraction of sp³-hybridized carbons (Fsp3) is 0.500. The van der Waals surface area contributed by atoms with E-state index in [0.717, 1.165) is 5.33 Å². The van der Waals surface area contributed by atoms with Gasteiger partial charge in [0, 0.05) is 20.9 Å². The molecule has 1 atom stereocenters. The highest BCUT2D eigenvalue weighted by molar-refractivity contribution is 9.09. The minimum atomic E-state index is -3.64. The van der Waals surface area contributed by atoms with E-state index in [0.29, 0.717) is 22.9 Å². The number of halogens is 3. The molecule has 0 amide bonds. The zero-order valence-electron chi connectivity index (χ0n) is 10.7. The van der Waals surface area contributed by atoms with Crippen molar-refractivity contribution in [3.05, 3.63) is 28.2 Å². The van der Waals surface area contributed by atoms with Crippen LogP contribution in [0.1, 0.15) is 26.7 Å². The zero-order valence-corrected chi connectivity index (χ0v) is 14.6. The van der Waals surface area contributed by atoms with Gasteiger partial charge in [-0.3, -0.25) is 0 Å². The van der Waals surface area contributed by atoms with E-state index < -0.39 is 15.6 Å². The van der Waals surface area contributed by atoms with E-state index in [1.807, 2.05) is 13.8 Å². The lowest BCUT2D eigenvalue weighted by molar-refractivity contribution is 0.392. The molecule has 19 heavy (non-hydrogen) atoms. The topological polar surface area (TPSA) is 46.2 Å². The Kier molecular flexibility index (Phi) is 6.14. The summed E-state index contributed by atoms with van der Waals surface area (Å²) in [5.41, 5.74) is -0.503. The van der Waals surface area contributed by atoms with Crippen molar-refractivity contribution in [2.24, 2.45) is 0 Å². The predicted molar refractivity (Wildman–Crippen MR) is 83.9 cm³/mol. The third-order valence-corrected chi connectivity index (χ3v) is 5.40. The monoisotopic (exact) mass is 387 g/mol. The molecule has 1 aromatic rings. The first kappa shape index (κ1) is 17.2. The second kappa shape index (κ2) is 6.76. The zero-order chi connectivity index (χ0) is 14.7. The molecule has 3 nitrogen and oxygen atoms in total. The van der Waals surface area contributed by atoms with E-state index in [1.54, 1.807) is 0 Å². The van der Waals surface area contributed by atoms with E-state index >= 15 is 0 Å². The standard InChI is InChI=1S/C12H16BrCl2NO2S/c1-3-12(2,4-5-13)16-19(17,18)11-7-9(14)6-10(15)8-11/h6-8,16H,3-5H2,1-2H3. The summed E-state index contributed by atoms with van der Waals surface area (Å²) in [5.74, 6) is 0. The summed E-state index contributed by atoms with van der Waals surface area (Å²) in [7, 11) is -3.64. The van der Waals surface area contributed by atoms with E-state index in [2.05, 4.69) is 20.7 Å². The molecule has 0 aliphatic carbocycles. The fourth-order valence-corrected chi connectivity index (χ4v) is 4.68. The lowest BCUT2D eigenvalue weighted by Crippen LogP contribution is -2.45. The molecule has 7 heteroatoms. The van der Waals surface area contributed by atoms with Gasteiger partial charge in [0.05, 0.1) is 4.90 Å². The molecule has 1 unspecified atom stereocenters. The summed E-state index contributed by atoms with van der Waals surface area (Å²) in [6.45, 7) is 3.81. The van der Waals surface area contributed by atoms with E-state index in [4.69, 9.17) is 23.2 Å². The maximum atomic E-state index is 12.3. The molecule has 0 saturated carbocycles. The van der Waals surface area contributed by atoms with Crippen LogP contribution in [-0.2, 0) is 10.0 Å². The molecular formula is C12H16BrCl2NO2S. The maximum absolute atomic E-state index is 12.3. The molecule has 0 spiro atoms. The Morgan fingerprint density at radius 2 is 1.79 bits per heavy atom. The summed E-state index contributed by atoms with van der Waals surface area (Å²) in [6, 6.07) is 4.28. The summed E-state index contributed by atoms with van der Waals surface area (Å²) in [4.78, 5) is 0.0826. The first-order chi connectivity index (χ1) is 8.72. The third-order valence-electron chi connectivity index (χ3n) is 2.95. The summed E-state index contributed by atoms with van der Waals surface area (Å²) < 4.78 is 27.4. The van der Waals surface area contributed by atoms with Crippen LogP contribution in [0, 0.1) is 0 Å². The Balaban J connectivity index is 3.10. The first-order valence-electron chi connectivity index (χ1n) is 5.78. The number of nitrogens with one attached hydrogen (secondary N) is 1. The first-order valence-corrected chi connectivity index (χ1v) is 9.14. The van der Waals surface area contributed by atoms with Gasteiger partial charge in [-0.2, -0.15) is 0 Å². The molecule has 1 aromatic carbocycles. The minimum absolute atomic E-state index is 0.0826. The largest absolute Gasteiger partial charge is 0.241 e. The predicted octanol–water partition coefficient (Wildman–Crippen LogP) is 4.23. The van der Waals surface area contributed by atoms with Gasteiger partial charge in [0.25, 0.3) is 0 Å². The van der Waals surface area contributed by atoms with Crippen LogP contribution >= 0.6 is 39.1 Å². The van der Waals surface area contributed by atoms with Crippen LogP contribution in [0.5, 0.6) is 0 Å². The molecule has 108 valence electrons. The number of alkyl halides is 1. The van der Waals surface area contributed by atoms with Crippen LogP contribution in [0.2, 0.25) is 10.0 Å². The highest BCUT2D eigenvalue weighted by atomic mass is 79.9. The van der Waals surface area contributed by atoms with E-state index in [1.165, 1.54) is 18.2 Å². The molecule has 1 N–H and O–H groups in total. The van der Waals surface area contributed by atoms with Crippen molar-refractivity contribution in [3.63, 3.8) is 0 Å². The van der Waals surface area contributed by atoms with Crippen molar-refractivity contribution in [2.45, 2.75) is 37.1 Å². The molecular weight excluding hydrogens is 373 g/mol. The summed E-state index contributed by atoms with van der Waals surface area (Å²) in [5, 5.41) is 1.31. The third kappa shape index (κ3) is 4.90. The van der Waals surface area contributed by atoms with Crippen LogP contribution in [0.3, 0.4) is 0 Å². The summed E-state index contributed by atoms with van der Waals surface area (Å²) in [6.07, 6.45) is 1.38. The molecule has 0 fully saturated rings. The fourth-order valence-electron chi connectivity index (χ4n) is 1.58. The van der Waals surface area contributed by atoms with Gasteiger partial charge in [0.1, 0.15) is 0 Å². The molecule has 0 radical (unpaired) electrons. The van der Waals surface area contributed by atoms with Gasteiger partial charge in [-0.25, -0.2) is 13.1 Å². The summed E-state index contributed by atoms with van der Waals surface area (Å²) >= 11 is 15.0. The number of rotatable bonds is 6. The Hall–Kier alpha value is 0.190. The number of hydrogen-bond acceptors (Lipinski definition) is 2. The Morgan fingerprint density at radius 3 is 2.21 bits per heavy atom. The lowest BCUT2D eigenvalue weighted by atomic mass is 9.98. The highest BCUT2D eigenvalue weighted by Gasteiger charge is 2.28. The van der Waals surface area contributed by atoms with Gasteiger partial charge in [-0.05, 0) is 38.0 Å². The second-order valence-corrected chi connectivity index (χ2v) is 7.91. The second-order valence-electron chi connectivity index (χ2n) is 4.56. The number of hydrogen-bond donors (Lipinski definition) is 1. The average molecular weight is 389 g/mol. The van der Waals surface area contributed by atoms with Crippen LogP contribution < -0.4 is 4.72 Å². The maximum Gasteiger partial charge on any atom is 0.241 e. The minimum Gasteiger partial charge on any atom is -0.207 e. The number of benzene rings is 1. The van der Waals surface area contributed by atoms with Crippen molar-refractivity contribution in [2.75, 3.05) is 5.33 Å². The van der Waals surface area contributed by atoms with Gasteiger partial charge in [-0.1, -0.05) is 46.1 Å². The quantitative estimate of drug-likeness (QED) is 0.741. The van der Waals surface area contributed by atoms with Crippen molar-refractivity contribution in [3.8, 4) is 0 Å². The Morgan fingerprint density at radius 1 is 1.26 bits per heavy atom. The molecule has 0 saturated heterocycles. The SMILES string of the molecule is CCC(C)(CCBr)NS(=O)(=O)c1cc(Cl)cc(Cl)c1. The van der Waals surface area contributed by atoms with Crippen LogP contribution in [0.25, 0.3) is 0 Å². The molecule has 0 aliphatic rings. The normalized spacial score (nSPS) is 15.2. The lowest BCUT2D eigenvalue weighted by Gasteiger charge is -2.28. The van der Waals surface area contributed by atoms with Crippen molar-refractivity contribution < 1.29 is 8.42 Å². The molecule has 0 bridgehead atoms. The smallest absolute Gasteiger partial charge is 0.207 e. The van der Waals surface area contributed by atoms with Crippen LogP contribution in [0.4, 0.5) is 0 Å². The van der Waals surface area contributed by atoms with Gasteiger partial charge >= 0.3 is 0 Å². The van der Waals surface area contributed by atoms with E-state index in [9.17, 15) is 8.42 Å². The Bertz CT molecular complexity index is 530. The molecule has 1 rings (SSSR count). The van der Waals surface area contributed by atoms with Gasteiger partial charge in [0.2, 0.25) is 10.0 Å². The van der Waals surface area contributed by atoms with Gasteiger partial charge in [0.15, 0.2) is 0 Å². The van der Waals surface area contributed by atoms with Gasteiger partial charge in [-0.15, -0.1) is 0 Å². The molecule has 0 aliphatic heterocycles.